The lowest BCUT2D eigenvalue weighted by Crippen LogP contribution is -2.33. The van der Waals surface area contributed by atoms with Gasteiger partial charge in [-0.2, -0.15) is 0 Å². The van der Waals surface area contributed by atoms with Gasteiger partial charge in [-0.1, -0.05) is 41.9 Å². The Balaban J connectivity index is 1.65. The Morgan fingerprint density at radius 3 is 2.62 bits per heavy atom. The molecule has 5 nitrogen and oxygen atoms in total. The van der Waals surface area contributed by atoms with E-state index in [0.29, 0.717) is 35.0 Å². The Hall–Kier alpha value is -1.02. The largest absolute Gasteiger partial charge is 0.389 e. The smallest absolute Gasteiger partial charge is 0.130 e. The molecule has 7 heteroatoms. The average molecular weight is 416 g/mol. The van der Waals surface area contributed by atoms with Crippen molar-refractivity contribution in [3.63, 3.8) is 0 Å². The molecule has 0 aliphatic carbocycles. The third-order valence-corrected chi connectivity index (χ3v) is 3.91. The van der Waals surface area contributed by atoms with E-state index in [0.717, 1.165) is 5.56 Å². The van der Waals surface area contributed by atoms with E-state index in [1.807, 2.05) is 30.3 Å². The number of nitrogens with one attached hydrogen (secondary N) is 1. The predicted octanol–water partition coefficient (Wildman–Crippen LogP) is 2.70. The zero-order chi connectivity index (χ0) is 17.4. The molecule has 0 spiro atoms. The minimum atomic E-state index is -0.737. The summed E-state index contributed by atoms with van der Waals surface area (Å²) >= 11 is 9.09. The number of pyridine rings is 1. The molecule has 2 aromatic rings. The maximum absolute atomic E-state index is 10.1. The van der Waals surface area contributed by atoms with Crippen LogP contribution in [0.15, 0.2) is 47.1 Å². The second-order valence-corrected chi connectivity index (χ2v) is 6.57. The number of nitrogens with zero attached hydrogens (tertiary/aromatic N) is 1. The normalized spacial score (nSPS) is 13.7. The van der Waals surface area contributed by atoms with Gasteiger partial charge >= 0.3 is 0 Å². The molecule has 0 aliphatic heterocycles. The Morgan fingerprint density at radius 1 is 1.17 bits per heavy atom. The van der Waals surface area contributed by atoms with Crippen LogP contribution in [0.5, 0.6) is 0 Å². The van der Waals surface area contributed by atoms with Crippen LogP contribution in [-0.4, -0.2) is 41.0 Å². The van der Waals surface area contributed by atoms with Crippen LogP contribution in [0.1, 0.15) is 17.2 Å². The number of ether oxygens (including phenoxy) is 1. The highest BCUT2D eigenvalue weighted by atomic mass is 79.9. The lowest BCUT2D eigenvalue weighted by atomic mass is 10.1. The fourth-order valence-electron chi connectivity index (χ4n) is 2.13. The fourth-order valence-corrected chi connectivity index (χ4v) is 2.90. The molecule has 1 aromatic heterocycles. The summed E-state index contributed by atoms with van der Waals surface area (Å²) in [5.74, 6) is 0. The molecular weight excluding hydrogens is 396 g/mol. The summed E-state index contributed by atoms with van der Waals surface area (Å²) in [5.41, 5.74) is 1.72. The highest BCUT2D eigenvalue weighted by Crippen LogP contribution is 2.20. The summed E-state index contributed by atoms with van der Waals surface area (Å²) in [6.07, 6.45) is -1.38. The molecule has 24 heavy (non-hydrogen) atoms. The Bertz CT molecular complexity index is 610. The van der Waals surface area contributed by atoms with Gasteiger partial charge in [0.25, 0.3) is 0 Å². The van der Waals surface area contributed by atoms with Crippen LogP contribution in [0.3, 0.4) is 0 Å². The van der Waals surface area contributed by atoms with E-state index in [4.69, 9.17) is 16.3 Å². The molecule has 130 valence electrons. The van der Waals surface area contributed by atoms with E-state index in [1.165, 1.54) is 0 Å². The van der Waals surface area contributed by atoms with Crippen molar-refractivity contribution >= 4 is 27.5 Å². The summed E-state index contributed by atoms with van der Waals surface area (Å²) in [4.78, 5) is 3.98. The molecule has 1 aromatic carbocycles. The minimum Gasteiger partial charge on any atom is -0.389 e. The lowest BCUT2D eigenvalue weighted by Gasteiger charge is -2.16. The third kappa shape index (κ3) is 6.84. The zero-order valence-corrected chi connectivity index (χ0v) is 15.4. The van der Waals surface area contributed by atoms with Crippen LogP contribution in [0.25, 0.3) is 0 Å². The molecule has 0 saturated carbocycles. The van der Waals surface area contributed by atoms with Crippen LogP contribution < -0.4 is 5.32 Å². The Kier molecular flexibility index (Phi) is 8.11. The molecule has 0 saturated heterocycles. The van der Waals surface area contributed by atoms with E-state index in [2.05, 4.69) is 26.2 Å². The highest BCUT2D eigenvalue weighted by molar-refractivity contribution is 9.10. The van der Waals surface area contributed by atoms with E-state index in [-0.39, 0.29) is 6.61 Å². The first-order valence-electron chi connectivity index (χ1n) is 7.56. The molecule has 2 rings (SSSR count). The number of halogens is 2. The summed E-state index contributed by atoms with van der Waals surface area (Å²) in [6.45, 7) is 1.31. The SMILES string of the molecule is OC(CNC[C@@H](O)COCc1ccccc1)c1cc(Cl)nc(Br)c1. The third-order valence-electron chi connectivity index (χ3n) is 3.31. The van der Waals surface area contributed by atoms with Gasteiger partial charge < -0.3 is 20.3 Å². The van der Waals surface area contributed by atoms with Gasteiger partial charge in [0.05, 0.1) is 25.4 Å². The lowest BCUT2D eigenvalue weighted by molar-refractivity contribution is 0.0273. The van der Waals surface area contributed by atoms with Crippen molar-refractivity contribution in [2.45, 2.75) is 18.8 Å². The van der Waals surface area contributed by atoms with Crippen molar-refractivity contribution < 1.29 is 14.9 Å². The number of aliphatic hydroxyl groups excluding tert-OH is 2. The van der Waals surface area contributed by atoms with Crippen molar-refractivity contribution in [2.75, 3.05) is 19.7 Å². The maximum atomic E-state index is 10.1. The van der Waals surface area contributed by atoms with Gasteiger partial charge in [0, 0.05) is 13.1 Å². The molecule has 0 amide bonds. The van der Waals surface area contributed by atoms with Gasteiger partial charge in [0.15, 0.2) is 0 Å². The second-order valence-electron chi connectivity index (χ2n) is 5.37. The molecule has 0 radical (unpaired) electrons. The molecular formula is C17H20BrClN2O3. The summed E-state index contributed by atoms with van der Waals surface area (Å²) in [6, 6.07) is 13.1. The predicted molar refractivity (Wildman–Crippen MR) is 96.9 cm³/mol. The zero-order valence-electron chi connectivity index (χ0n) is 13.0. The number of aliphatic hydroxyl groups is 2. The van der Waals surface area contributed by atoms with Gasteiger partial charge in [-0.05, 0) is 39.2 Å². The van der Waals surface area contributed by atoms with Crippen LogP contribution in [-0.2, 0) is 11.3 Å². The van der Waals surface area contributed by atoms with Crippen molar-refractivity contribution in [2.24, 2.45) is 0 Å². The van der Waals surface area contributed by atoms with E-state index in [1.54, 1.807) is 12.1 Å². The van der Waals surface area contributed by atoms with Crippen LogP contribution >= 0.6 is 27.5 Å². The quantitative estimate of drug-likeness (QED) is 0.549. The molecule has 2 atom stereocenters. The topological polar surface area (TPSA) is 74.6 Å². The fraction of sp³-hybridized carbons (Fsp3) is 0.353. The highest BCUT2D eigenvalue weighted by Gasteiger charge is 2.11. The standard InChI is InChI=1S/C17H20BrClN2O3/c18-16-6-13(7-17(19)21-16)15(23)9-20-8-14(22)11-24-10-12-4-2-1-3-5-12/h1-7,14-15,20,22-23H,8-11H2/t14-,15?/m1/s1. The van der Waals surface area contributed by atoms with Crippen LogP contribution in [0, 0.1) is 0 Å². The van der Waals surface area contributed by atoms with Crippen molar-refractivity contribution in [3.8, 4) is 0 Å². The number of hydrogen-bond acceptors (Lipinski definition) is 5. The Morgan fingerprint density at radius 2 is 1.92 bits per heavy atom. The van der Waals surface area contributed by atoms with Crippen molar-refractivity contribution in [3.05, 3.63) is 63.3 Å². The number of aromatic nitrogens is 1. The first kappa shape index (κ1) is 19.3. The molecule has 0 aliphatic rings. The number of hydrogen-bond donors (Lipinski definition) is 3. The van der Waals surface area contributed by atoms with Gasteiger partial charge in [-0.3, -0.25) is 0 Å². The Labute approximate surface area is 154 Å². The summed E-state index contributed by atoms with van der Waals surface area (Å²) in [7, 11) is 0. The molecule has 0 fully saturated rings. The van der Waals surface area contributed by atoms with Gasteiger partial charge in [-0.15, -0.1) is 0 Å². The van der Waals surface area contributed by atoms with Gasteiger partial charge in [0.2, 0.25) is 0 Å². The monoisotopic (exact) mass is 414 g/mol. The van der Waals surface area contributed by atoms with E-state index >= 15 is 0 Å². The van der Waals surface area contributed by atoms with Crippen molar-refractivity contribution in [1.82, 2.24) is 10.3 Å². The molecule has 0 bridgehead atoms. The minimum absolute atomic E-state index is 0.227. The van der Waals surface area contributed by atoms with E-state index < -0.39 is 12.2 Å². The average Bonchev–Trinajstić information content (AvgIpc) is 2.55. The summed E-state index contributed by atoms with van der Waals surface area (Å²) < 4.78 is 6.04. The summed E-state index contributed by atoms with van der Waals surface area (Å²) in [5, 5.41) is 23.3. The van der Waals surface area contributed by atoms with Crippen molar-refractivity contribution in [1.29, 1.82) is 0 Å². The van der Waals surface area contributed by atoms with Gasteiger partial charge in [-0.25, -0.2) is 4.98 Å². The molecule has 1 unspecified atom stereocenters. The number of benzene rings is 1. The second kappa shape index (κ2) is 10.1. The maximum Gasteiger partial charge on any atom is 0.130 e. The molecule has 3 N–H and O–H groups in total. The van der Waals surface area contributed by atoms with Crippen LogP contribution in [0.4, 0.5) is 0 Å². The first-order valence-corrected chi connectivity index (χ1v) is 8.73. The van der Waals surface area contributed by atoms with Gasteiger partial charge in [0.1, 0.15) is 9.76 Å². The number of rotatable bonds is 9. The van der Waals surface area contributed by atoms with E-state index in [9.17, 15) is 10.2 Å². The van der Waals surface area contributed by atoms with Crippen LogP contribution in [0.2, 0.25) is 5.15 Å². The first-order chi connectivity index (χ1) is 11.5. The molecule has 1 heterocycles.